The number of benzene rings is 8. The summed E-state index contributed by atoms with van der Waals surface area (Å²) < 4.78 is 2.46. The number of hydrogen-bond acceptors (Lipinski definition) is 0. The summed E-state index contributed by atoms with van der Waals surface area (Å²) in [4.78, 5) is 0. The fraction of sp³-hybridized carbons (Fsp3) is 0.0204. The maximum atomic E-state index is 2.46. The molecule has 1 aliphatic rings. The molecule has 1 aliphatic carbocycles. The minimum absolute atomic E-state index is 0.932. The van der Waals surface area contributed by atoms with Gasteiger partial charge >= 0.3 is 0 Å². The second kappa shape index (κ2) is 11.6. The minimum atomic E-state index is 0.932. The van der Waals surface area contributed by atoms with Gasteiger partial charge in [0.1, 0.15) is 0 Å². The van der Waals surface area contributed by atoms with Crippen molar-refractivity contribution in [3.05, 3.63) is 199 Å². The van der Waals surface area contributed by atoms with Crippen LogP contribution < -0.4 is 0 Å². The average molecular weight is 636 g/mol. The van der Waals surface area contributed by atoms with Gasteiger partial charge in [-0.3, -0.25) is 0 Å². The first-order chi connectivity index (χ1) is 24.8. The molecule has 0 amide bonds. The summed E-state index contributed by atoms with van der Waals surface area (Å²) in [5, 5.41) is 2.54. The topological polar surface area (TPSA) is 4.93 Å². The smallest absolute Gasteiger partial charge is 0.0541 e. The molecule has 1 aromatic heterocycles. The molecule has 0 N–H and O–H groups in total. The van der Waals surface area contributed by atoms with E-state index in [9.17, 15) is 0 Å². The first-order valence-corrected chi connectivity index (χ1v) is 17.4. The van der Waals surface area contributed by atoms with Crippen LogP contribution in [0, 0.1) is 0 Å². The van der Waals surface area contributed by atoms with Crippen molar-refractivity contribution in [3.63, 3.8) is 0 Å². The highest BCUT2D eigenvalue weighted by atomic mass is 15.0. The molecule has 1 heteroatoms. The Morgan fingerprint density at radius 2 is 0.680 bits per heavy atom. The van der Waals surface area contributed by atoms with E-state index in [0.29, 0.717) is 0 Å². The quantitative estimate of drug-likeness (QED) is 0.177. The van der Waals surface area contributed by atoms with E-state index in [1.54, 1.807) is 0 Å². The predicted octanol–water partition coefficient (Wildman–Crippen LogP) is 13.0. The molecule has 50 heavy (non-hydrogen) atoms. The molecule has 0 saturated heterocycles. The van der Waals surface area contributed by atoms with Crippen LogP contribution in [0.5, 0.6) is 0 Å². The summed E-state index contributed by atoms with van der Waals surface area (Å²) in [6.07, 6.45) is 0.932. The molecule has 10 rings (SSSR count). The monoisotopic (exact) mass is 635 g/mol. The van der Waals surface area contributed by atoms with E-state index in [1.807, 2.05) is 0 Å². The van der Waals surface area contributed by atoms with Crippen LogP contribution in [0.3, 0.4) is 0 Å². The highest BCUT2D eigenvalue weighted by Crippen LogP contribution is 2.42. The number of nitrogens with zero attached hydrogens (tertiary/aromatic N) is 1. The lowest BCUT2D eigenvalue weighted by molar-refractivity contribution is 1.16. The van der Waals surface area contributed by atoms with Crippen molar-refractivity contribution >= 4 is 21.8 Å². The van der Waals surface area contributed by atoms with E-state index in [0.717, 1.165) is 6.42 Å². The van der Waals surface area contributed by atoms with Crippen molar-refractivity contribution in [1.29, 1.82) is 0 Å². The van der Waals surface area contributed by atoms with Crippen LogP contribution in [0.25, 0.3) is 83.1 Å². The Kier molecular flexibility index (Phi) is 6.63. The van der Waals surface area contributed by atoms with E-state index in [4.69, 9.17) is 0 Å². The average Bonchev–Trinajstić information content (AvgIpc) is 3.73. The van der Waals surface area contributed by atoms with Crippen LogP contribution in [0.2, 0.25) is 0 Å². The predicted molar refractivity (Wildman–Crippen MR) is 211 cm³/mol. The SMILES string of the molecule is c1ccc(-c2ccc(-c3ccc4c(c3)Cc3cc(-n5c6ccc(-c7ccccc7)cc6c6cc(-c7ccccc7)ccc65)ccc3-4)cc2)cc1. The Balaban J connectivity index is 1.05. The number of aromatic nitrogens is 1. The Bertz CT molecular complexity index is 2590. The molecule has 0 aliphatic heterocycles. The molecular formula is C49H33N. The third-order valence-electron chi connectivity index (χ3n) is 10.4. The summed E-state index contributed by atoms with van der Waals surface area (Å²) >= 11 is 0. The fourth-order valence-corrected chi connectivity index (χ4v) is 7.92. The molecule has 0 spiro atoms. The van der Waals surface area contributed by atoms with Crippen molar-refractivity contribution in [2.75, 3.05) is 0 Å². The van der Waals surface area contributed by atoms with Crippen LogP contribution >= 0.6 is 0 Å². The number of fused-ring (bicyclic) bond motifs is 6. The van der Waals surface area contributed by atoms with Crippen molar-refractivity contribution in [2.45, 2.75) is 6.42 Å². The van der Waals surface area contributed by atoms with Gasteiger partial charge in [-0.2, -0.15) is 0 Å². The van der Waals surface area contributed by atoms with Gasteiger partial charge in [-0.1, -0.05) is 152 Å². The second-order valence-electron chi connectivity index (χ2n) is 13.4. The Labute approximate surface area is 292 Å². The molecule has 0 unspecified atom stereocenters. The molecular weight excluding hydrogens is 603 g/mol. The van der Waals surface area contributed by atoms with Crippen molar-refractivity contribution < 1.29 is 0 Å². The van der Waals surface area contributed by atoms with Gasteiger partial charge in [0, 0.05) is 16.5 Å². The number of hydrogen-bond donors (Lipinski definition) is 0. The van der Waals surface area contributed by atoms with Crippen molar-refractivity contribution in [3.8, 4) is 61.3 Å². The summed E-state index contributed by atoms with van der Waals surface area (Å²) in [5.74, 6) is 0. The molecule has 0 radical (unpaired) electrons. The largest absolute Gasteiger partial charge is 0.309 e. The highest BCUT2D eigenvalue weighted by Gasteiger charge is 2.21. The zero-order valence-electron chi connectivity index (χ0n) is 27.6. The fourth-order valence-electron chi connectivity index (χ4n) is 7.92. The lowest BCUT2D eigenvalue weighted by atomic mass is 9.97. The molecule has 9 aromatic rings. The standard InChI is InChI=1S/C49H33N/c1-4-10-33(11-5-1)36-16-18-37(19-17-36)38-20-24-44-41(28-38)29-42-30-43(23-25-45(42)44)50-48-26-21-39(34-12-6-2-7-13-34)31-46(48)47-32-40(22-27-49(47)50)35-14-8-3-9-15-35/h1-28,30-32H,29H2. The van der Waals surface area contributed by atoms with Gasteiger partial charge in [0.2, 0.25) is 0 Å². The first kappa shape index (κ1) is 28.6. The maximum absolute atomic E-state index is 2.46. The van der Waals surface area contributed by atoms with Crippen LogP contribution in [0.15, 0.2) is 188 Å². The summed E-state index contributed by atoms with van der Waals surface area (Å²) in [6.45, 7) is 0. The van der Waals surface area contributed by atoms with Crippen LogP contribution in [0.1, 0.15) is 11.1 Å². The van der Waals surface area contributed by atoms with Crippen LogP contribution in [-0.4, -0.2) is 4.57 Å². The molecule has 8 aromatic carbocycles. The minimum Gasteiger partial charge on any atom is -0.309 e. The van der Waals surface area contributed by atoms with E-state index in [1.165, 1.54) is 94.3 Å². The molecule has 234 valence electrons. The second-order valence-corrected chi connectivity index (χ2v) is 13.4. The maximum Gasteiger partial charge on any atom is 0.0541 e. The van der Waals surface area contributed by atoms with Gasteiger partial charge in [0.15, 0.2) is 0 Å². The molecule has 0 bridgehead atoms. The number of rotatable bonds is 5. The van der Waals surface area contributed by atoms with E-state index < -0.39 is 0 Å². The molecule has 0 saturated carbocycles. The molecule has 0 atom stereocenters. The lowest BCUT2D eigenvalue weighted by Gasteiger charge is -2.11. The van der Waals surface area contributed by atoms with Gasteiger partial charge < -0.3 is 4.57 Å². The Hall–Kier alpha value is -6.44. The first-order valence-electron chi connectivity index (χ1n) is 17.4. The van der Waals surface area contributed by atoms with Crippen molar-refractivity contribution in [2.24, 2.45) is 0 Å². The van der Waals surface area contributed by atoms with Crippen molar-refractivity contribution in [1.82, 2.24) is 4.57 Å². The highest BCUT2D eigenvalue weighted by molar-refractivity contribution is 6.11. The molecule has 1 heterocycles. The van der Waals surface area contributed by atoms with E-state index in [-0.39, 0.29) is 0 Å². The zero-order chi connectivity index (χ0) is 33.0. The summed E-state index contributed by atoms with van der Waals surface area (Å²) in [6, 6.07) is 68.9. The third-order valence-corrected chi connectivity index (χ3v) is 10.4. The van der Waals surface area contributed by atoms with Gasteiger partial charge in [0.25, 0.3) is 0 Å². The molecule has 0 fully saturated rings. The van der Waals surface area contributed by atoms with Gasteiger partial charge in [-0.25, -0.2) is 0 Å². The van der Waals surface area contributed by atoms with E-state index >= 15 is 0 Å². The van der Waals surface area contributed by atoms with Gasteiger partial charge in [-0.15, -0.1) is 0 Å². The van der Waals surface area contributed by atoms with Crippen LogP contribution in [-0.2, 0) is 6.42 Å². The summed E-state index contributed by atoms with van der Waals surface area (Å²) in [7, 11) is 0. The van der Waals surface area contributed by atoms with E-state index in [2.05, 4.69) is 193 Å². The Morgan fingerprint density at radius 1 is 0.300 bits per heavy atom. The molecule has 1 nitrogen and oxygen atoms in total. The lowest BCUT2D eigenvalue weighted by Crippen LogP contribution is -1.95. The van der Waals surface area contributed by atoms with Crippen LogP contribution in [0.4, 0.5) is 0 Å². The van der Waals surface area contributed by atoms with Gasteiger partial charge in [-0.05, 0) is 110 Å². The summed E-state index contributed by atoms with van der Waals surface area (Å²) in [5.41, 5.74) is 19.0. The third kappa shape index (κ3) is 4.78. The van der Waals surface area contributed by atoms with Gasteiger partial charge in [0.05, 0.1) is 11.0 Å². The zero-order valence-corrected chi connectivity index (χ0v) is 27.6. The Morgan fingerprint density at radius 3 is 1.22 bits per heavy atom. The normalized spacial score (nSPS) is 11.9.